The maximum absolute atomic E-state index is 11.3. The molecule has 1 N–H and O–H groups in total. The van der Waals surface area contributed by atoms with Crippen LogP contribution in [0.3, 0.4) is 0 Å². The van der Waals surface area contributed by atoms with E-state index < -0.39 is 15.1 Å². The van der Waals surface area contributed by atoms with Crippen LogP contribution in [0.5, 0.6) is 0 Å². The molecule has 0 heterocycles. The van der Waals surface area contributed by atoms with Crippen LogP contribution in [0.4, 0.5) is 0 Å². The van der Waals surface area contributed by atoms with Crippen molar-refractivity contribution in [3.63, 3.8) is 0 Å². The Labute approximate surface area is 86.0 Å². The number of amides is 1. The highest BCUT2D eigenvalue weighted by Gasteiger charge is 2.17. The average Bonchev–Trinajstić information content (AvgIpc) is 1.99. The predicted octanol–water partition coefficient (Wildman–Crippen LogP) is 0.724. The van der Waals surface area contributed by atoms with E-state index in [1.165, 1.54) is 0 Å². The fourth-order valence-electron chi connectivity index (χ4n) is 0.865. The molecule has 0 unspecified atom stereocenters. The summed E-state index contributed by atoms with van der Waals surface area (Å²) in [6.07, 6.45) is 0.0543. The lowest BCUT2D eigenvalue weighted by Gasteiger charge is -2.09. The Kier molecular flexibility index (Phi) is 5.12. The molecule has 0 atom stereocenters. The minimum atomic E-state index is -3.09. The third-order valence-electron chi connectivity index (χ3n) is 1.78. The topological polar surface area (TPSA) is 63.2 Å². The highest BCUT2D eigenvalue weighted by molar-refractivity contribution is 7.91. The molecule has 0 aliphatic rings. The minimum absolute atomic E-state index is 0.0543. The number of nitrogens with one attached hydrogen (secondary N) is 1. The summed E-state index contributed by atoms with van der Waals surface area (Å²) in [7, 11) is -3.09. The molecule has 0 rings (SSSR count). The van der Waals surface area contributed by atoms with E-state index in [1.54, 1.807) is 13.8 Å². The van der Waals surface area contributed by atoms with E-state index in [1.807, 2.05) is 13.8 Å². The molecule has 1 amide bonds. The van der Waals surface area contributed by atoms with Crippen LogP contribution >= 0.6 is 0 Å². The van der Waals surface area contributed by atoms with E-state index in [0.717, 1.165) is 0 Å². The maximum Gasteiger partial charge on any atom is 0.221 e. The van der Waals surface area contributed by atoms with Gasteiger partial charge in [0.15, 0.2) is 9.84 Å². The van der Waals surface area contributed by atoms with E-state index in [0.29, 0.717) is 0 Å². The molecule has 4 nitrogen and oxygen atoms in total. The summed E-state index contributed by atoms with van der Waals surface area (Å²) in [6, 6.07) is 0.0595. The van der Waals surface area contributed by atoms with Crippen LogP contribution in [0.25, 0.3) is 0 Å². The van der Waals surface area contributed by atoms with Gasteiger partial charge in [-0.2, -0.15) is 0 Å². The monoisotopic (exact) mass is 221 g/mol. The van der Waals surface area contributed by atoms with E-state index in [9.17, 15) is 13.2 Å². The largest absolute Gasteiger partial charge is 0.354 e. The number of rotatable bonds is 5. The molecule has 0 saturated heterocycles. The first kappa shape index (κ1) is 13.4. The molecule has 0 aromatic carbocycles. The van der Waals surface area contributed by atoms with Crippen molar-refractivity contribution in [1.29, 1.82) is 0 Å². The molecule has 0 aliphatic heterocycles. The Morgan fingerprint density at radius 3 is 2.07 bits per heavy atom. The summed E-state index contributed by atoms with van der Waals surface area (Å²) in [4.78, 5) is 11.1. The molecular weight excluding hydrogens is 202 g/mol. The molecule has 0 aromatic heterocycles. The lowest BCUT2D eigenvalue weighted by atomic mass is 10.3. The number of hydrogen-bond donors (Lipinski definition) is 1. The lowest BCUT2D eigenvalue weighted by Crippen LogP contribution is -2.32. The first-order valence-electron chi connectivity index (χ1n) is 4.76. The van der Waals surface area contributed by atoms with Gasteiger partial charge in [0.1, 0.15) is 0 Å². The Balaban J connectivity index is 4.01. The van der Waals surface area contributed by atoms with Crippen molar-refractivity contribution in [1.82, 2.24) is 5.32 Å². The van der Waals surface area contributed by atoms with Gasteiger partial charge in [0.05, 0.1) is 11.0 Å². The Morgan fingerprint density at radius 2 is 1.71 bits per heavy atom. The summed E-state index contributed by atoms with van der Waals surface area (Å²) in [6.45, 7) is 6.93. The fraction of sp³-hybridized carbons (Fsp3) is 0.889. The van der Waals surface area contributed by atoms with Gasteiger partial charge in [-0.3, -0.25) is 4.79 Å². The summed E-state index contributed by atoms with van der Waals surface area (Å²) in [5.74, 6) is -0.271. The van der Waals surface area contributed by atoms with Gasteiger partial charge in [-0.05, 0) is 27.7 Å². The van der Waals surface area contributed by atoms with Gasteiger partial charge in [-0.1, -0.05) is 0 Å². The zero-order valence-electron chi connectivity index (χ0n) is 9.20. The van der Waals surface area contributed by atoms with Gasteiger partial charge in [-0.25, -0.2) is 8.42 Å². The van der Waals surface area contributed by atoms with Crippen LogP contribution in [0.2, 0.25) is 0 Å². The number of sulfone groups is 1. The smallest absolute Gasteiger partial charge is 0.221 e. The molecule has 0 aromatic rings. The third kappa shape index (κ3) is 5.21. The summed E-state index contributed by atoms with van der Waals surface area (Å²) in [5, 5.41) is 2.24. The second kappa shape index (κ2) is 5.34. The van der Waals surface area contributed by atoms with E-state index >= 15 is 0 Å². The molecule has 0 fully saturated rings. The molecular formula is C9H19NO3S. The molecule has 5 heteroatoms. The van der Waals surface area contributed by atoms with Crippen LogP contribution in [0.15, 0.2) is 0 Å². The number of carbonyl (C=O) groups is 1. The molecule has 0 saturated carbocycles. The lowest BCUT2D eigenvalue weighted by molar-refractivity contribution is -0.121. The van der Waals surface area contributed by atoms with Crippen molar-refractivity contribution in [2.45, 2.75) is 45.4 Å². The van der Waals surface area contributed by atoms with E-state index in [2.05, 4.69) is 5.32 Å². The van der Waals surface area contributed by atoms with Crippen molar-refractivity contribution in [2.24, 2.45) is 0 Å². The van der Waals surface area contributed by atoms with Gasteiger partial charge < -0.3 is 5.32 Å². The quantitative estimate of drug-likeness (QED) is 0.744. The fourth-order valence-corrected chi connectivity index (χ4v) is 1.81. The van der Waals surface area contributed by atoms with Crippen molar-refractivity contribution >= 4 is 15.7 Å². The summed E-state index contributed by atoms with van der Waals surface area (Å²) >= 11 is 0. The predicted molar refractivity (Wildman–Crippen MR) is 56.8 cm³/mol. The molecule has 0 aliphatic carbocycles. The second-order valence-corrected chi connectivity index (χ2v) is 6.56. The minimum Gasteiger partial charge on any atom is -0.354 e. The highest BCUT2D eigenvalue weighted by atomic mass is 32.2. The molecule has 0 bridgehead atoms. The number of hydrogen-bond acceptors (Lipinski definition) is 3. The van der Waals surface area contributed by atoms with Crippen LogP contribution in [-0.4, -0.2) is 31.4 Å². The average molecular weight is 221 g/mol. The van der Waals surface area contributed by atoms with Gasteiger partial charge >= 0.3 is 0 Å². The Morgan fingerprint density at radius 1 is 1.21 bits per heavy atom. The van der Waals surface area contributed by atoms with Crippen LogP contribution in [-0.2, 0) is 14.6 Å². The molecule has 14 heavy (non-hydrogen) atoms. The van der Waals surface area contributed by atoms with Gasteiger partial charge in [0, 0.05) is 12.5 Å². The molecule has 84 valence electrons. The Bertz CT molecular complexity index is 280. The van der Waals surface area contributed by atoms with E-state index in [-0.39, 0.29) is 24.1 Å². The third-order valence-corrected chi connectivity index (χ3v) is 3.99. The maximum atomic E-state index is 11.3. The van der Waals surface area contributed by atoms with Crippen LogP contribution in [0, 0.1) is 0 Å². The second-order valence-electron chi connectivity index (χ2n) is 3.89. The van der Waals surface area contributed by atoms with Crippen molar-refractivity contribution < 1.29 is 13.2 Å². The first-order chi connectivity index (χ1) is 6.25. The van der Waals surface area contributed by atoms with Gasteiger partial charge in [-0.15, -0.1) is 0 Å². The van der Waals surface area contributed by atoms with Crippen molar-refractivity contribution in [3.8, 4) is 0 Å². The van der Waals surface area contributed by atoms with Gasteiger partial charge in [0.2, 0.25) is 5.91 Å². The van der Waals surface area contributed by atoms with Gasteiger partial charge in [0.25, 0.3) is 0 Å². The molecule has 0 spiro atoms. The zero-order valence-corrected chi connectivity index (χ0v) is 10.0. The zero-order chi connectivity index (χ0) is 11.4. The number of carbonyl (C=O) groups excluding carboxylic acids is 1. The molecule has 0 radical (unpaired) electrons. The highest BCUT2D eigenvalue weighted by Crippen LogP contribution is 2.02. The Hall–Kier alpha value is -0.580. The van der Waals surface area contributed by atoms with Crippen LogP contribution in [0.1, 0.15) is 34.1 Å². The van der Waals surface area contributed by atoms with Crippen LogP contribution < -0.4 is 5.32 Å². The van der Waals surface area contributed by atoms with Crippen molar-refractivity contribution in [2.75, 3.05) is 5.75 Å². The normalized spacial score (nSPS) is 12.1. The summed E-state index contributed by atoms with van der Waals surface area (Å²) < 4.78 is 22.7. The summed E-state index contributed by atoms with van der Waals surface area (Å²) in [5.41, 5.74) is 0. The van der Waals surface area contributed by atoms with Crippen molar-refractivity contribution in [3.05, 3.63) is 0 Å². The van der Waals surface area contributed by atoms with E-state index in [4.69, 9.17) is 0 Å². The standard InChI is InChI=1S/C9H19NO3S/c1-7(2)10-9(11)5-6-14(12,13)8(3)4/h7-8H,5-6H2,1-4H3,(H,10,11). The first-order valence-corrected chi connectivity index (χ1v) is 6.48. The SMILES string of the molecule is CC(C)NC(=O)CCS(=O)(=O)C(C)C.